The van der Waals surface area contributed by atoms with E-state index >= 15 is 0 Å². The normalized spacial score (nSPS) is 13.1. The van der Waals surface area contributed by atoms with Crippen LogP contribution in [-0.2, 0) is 19.1 Å². The lowest BCUT2D eigenvalue weighted by atomic mass is 9.99. The van der Waals surface area contributed by atoms with Gasteiger partial charge in [-0.2, -0.15) is 0 Å². The zero-order chi connectivity index (χ0) is 26.2. The van der Waals surface area contributed by atoms with Crippen molar-refractivity contribution in [2.24, 2.45) is 11.8 Å². The maximum absolute atomic E-state index is 11.8. The van der Waals surface area contributed by atoms with E-state index in [-0.39, 0.29) is 25.2 Å². The van der Waals surface area contributed by atoms with Crippen molar-refractivity contribution in [2.45, 2.75) is 156 Å². The van der Waals surface area contributed by atoms with Crippen LogP contribution in [-0.4, -0.2) is 36.4 Å². The van der Waals surface area contributed by atoms with Gasteiger partial charge in [0.05, 0.1) is 0 Å². The fourth-order valence-corrected chi connectivity index (χ4v) is 4.13. The standard InChI is InChI=1S/C30H58O5/c1-5-27(4)21-17-13-8-6-7-9-14-18-22-29(32)34-24-28(31)25-35-30(33)23-19-15-11-10-12-16-20-26(2)3/h26-28,31H,5-25H2,1-4H3/t27?,28-/m0/s1. The lowest BCUT2D eigenvalue weighted by Gasteiger charge is -2.12. The summed E-state index contributed by atoms with van der Waals surface area (Å²) < 4.78 is 10.2. The molecular formula is C30H58O5. The van der Waals surface area contributed by atoms with Crippen LogP contribution < -0.4 is 0 Å². The zero-order valence-electron chi connectivity index (χ0n) is 23.7. The van der Waals surface area contributed by atoms with E-state index < -0.39 is 6.10 Å². The average Bonchev–Trinajstić information content (AvgIpc) is 2.83. The Morgan fingerprint density at radius 1 is 0.600 bits per heavy atom. The fourth-order valence-electron chi connectivity index (χ4n) is 4.13. The molecule has 0 saturated heterocycles. The number of aliphatic hydroxyl groups excluding tert-OH is 1. The number of aliphatic hydroxyl groups is 1. The number of unbranched alkanes of at least 4 members (excludes halogenated alkanes) is 12. The maximum Gasteiger partial charge on any atom is 0.305 e. The lowest BCUT2D eigenvalue weighted by Crippen LogP contribution is -2.25. The first-order valence-corrected chi connectivity index (χ1v) is 14.8. The van der Waals surface area contributed by atoms with Crippen LogP contribution in [0.3, 0.4) is 0 Å². The van der Waals surface area contributed by atoms with Crippen LogP contribution in [0.2, 0.25) is 0 Å². The molecule has 0 aliphatic heterocycles. The first kappa shape index (κ1) is 33.9. The molecule has 1 unspecified atom stereocenters. The number of hydrogen-bond donors (Lipinski definition) is 1. The molecule has 0 bridgehead atoms. The van der Waals surface area contributed by atoms with Crippen LogP contribution >= 0.6 is 0 Å². The summed E-state index contributed by atoms with van der Waals surface area (Å²) in [6.45, 7) is 8.89. The SMILES string of the molecule is CCC(C)CCCCCCCCCCC(=O)OC[C@H](O)COC(=O)CCCCCCCCC(C)C. The molecule has 35 heavy (non-hydrogen) atoms. The van der Waals surface area contributed by atoms with E-state index in [1.165, 1.54) is 70.6 Å². The smallest absolute Gasteiger partial charge is 0.305 e. The second-order valence-electron chi connectivity index (χ2n) is 11.0. The summed E-state index contributed by atoms with van der Waals surface area (Å²) >= 11 is 0. The van der Waals surface area contributed by atoms with Crippen molar-refractivity contribution in [2.75, 3.05) is 13.2 Å². The maximum atomic E-state index is 11.8. The Labute approximate surface area is 217 Å². The zero-order valence-corrected chi connectivity index (χ0v) is 23.7. The molecule has 5 nitrogen and oxygen atoms in total. The summed E-state index contributed by atoms with van der Waals surface area (Å²) in [6.07, 6.45) is 20.1. The van der Waals surface area contributed by atoms with Crippen LogP contribution in [0, 0.1) is 11.8 Å². The van der Waals surface area contributed by atoms with Gasteiger partial charge in [0.2, 0.25) is 0 Å². The molecule has 0 rings (SSSR count). The van der Waals surface area contributed by atoms with Crippen LogP contribution in [0.4, 0.5) is 0 Å². The third kappa shape index (κ3) is 25.8. The third-order valence-corrected chi connectivity index (χ3v) is 6.81. The summed E-state index contributed by atoms with van der Waals surface area (Å²) in [6, 6.07) is 0. The largest absolute Gasteiger partial charge is 0.463 e. The third-order valence-electron chi connectivity index (χ3n) is 6.81. The number of carbonyl (C=O) groups is 2. The monoisotopic (exact) mass is 498 g/mol. The highest BCUT2D eigenvalue weighted by Crippen LogP contribution is 2.15. The summed E-state index contributed by atoms with van der Waals surface area (Å²) in [7, 11) is 0. The number of carbonyl (C=O) groups excluding carboxylic acids is 2. The number of ether oxygens (including phenoxy) is 2. The van der Waals surface area contributed by atoms with E-state index in [0.717, 1.165) is 50.4 Å². The van der Waals surface area contributed by atoms with Gasteiger partial charge >= 0.3 is 11.9 Å². The van der Waals surface area contributed by atoms with Crippen molar-refractivity contribution in [3.8, 4) is 0 Å². The predicted octanol–water partition coefficient (Wildman–Crippen LogP) is 8.16. The average molecular weight is 499 g/mol. The topological polar surface area (TPSA) is 72.8 Å². The molecule has 0 fully saturated rings. The van der Waals surface area contributed by atoms with Gasteiger partial charge < -0.3 is 14.6 Å². The van der Waals surface area contributed by atoms with Gasteiger partial charge in [0.25, 0.3) is 0 Å². The Hall–Kier alpha value is -1.10. The van der Waals surface area contributed by atoms with Crippen LogP contribution in [0.1, 0.15) is 150 Å². The molecule has 0 aliphatic carbocycles. The Morgan fingerprint density at radius 3 is 1.37 bits per heavy atom. The molecule has 0 heterocycles. The van der Waals surface area contributed by atoms with Gasteiger partial charge in [-0.15, -0.1) is 0 Å². The van der Waals surface area contributed by atoms with Gasteiger partial charge in [-0.25, -0.2) is 0 Å². The highest BCUT2D eigenvalue weighted by molar-refractivity contribution is 5.69. The Bertz CT molecular complexity index is 491. The summed E-state index contributed by atoms with van der Waals surface area (Å²) in [5, 5.41) is 9.90. The molecule has 0 spiro atoms. The highest BCUT2D eigenvalue weighted by atomic mass is 16.6. The number of esters is 2. The highest BCUT2D eigenvalue weighted by Gasteiger charge is 2.12. The van der Waals surface area contributed by atoms with E-state index in [4.69, 9.17) is 9.47 Å². The Balaban J connectivity index is 3.46. The van der Waals surface area contributed by atoms with Gasteiger partial charge in [0.1, 0.15) is 19.3 Å². The van der Waals surface area contributed by atoms with Crippen molar-refractivity contribution in [1.29, 1.82) is 0 Å². The van der Waals surface area contributed by atoms with Crippen molar-refractivity contribution in [3.63, 3.8) is 0 Å². The second kappa shape index (κ2) is 24.6. The molecule has 0 amide bonds. The molecule has 0 aromatic heterocycles. The summed E-state index contributed by atoms with van der Waals surface area (Å²) in [4.78, 5) is 23.6. The first-order valence-electron chi connectivity index (χ1n) is 14.8. The fraction of sp³-hybridized carbons (Fsp3) is 0.933. The van der Waals surface area contributed by atoms with E-state index in [2.05, 4.69) is 27.7 Å². The van der Waals surface area contributed by atoms with E-state index in [1.807, 2.05) is 0 Å². The number of rotatable bonds is 25. The van der Waals surface area contributed by atoms with E-state index in [9.17, 15) is 14.7 Å². The minimum Gasteiger partial charge on any atom is -0.463 e. The molecule has 0 aromatic carbocycles. The minimum atomic E-state index is -0.954. The molecular weight excluding hydrogens is 440 g/mol. The van der Waals surface area contributed by atoms with Crippen LogP contribution in [0.15, 0.2) is 0 Å². The van der Waals surface area contributed by atoms with Crippen molar-refractivity contribution in [1.82, 2.24) is 0 Å². The molecule has 0 aromatic rings. The molecule has 208 valence electrons. The second-order valence-corrected chi connectivity index (χ2v) is 11.0. The van der Waals surface area contributed by atoms with Crippen molar-refractivity contribution < 1.29 is 24.2 Å². The van der Waals surface area contributed by atoms with E-state index in [1.54, 1.807) is 0 Å². The Kier molecular flexibility index (Phi) is 23.8. The first-order chi connectivity index (χ1) is 16.8. The quantitative estimate of drug-likeness (QED) is 0.101. The molecule has 5 heteroatoms. The minimum absolute atomic E-state index is 0.112. The molecule has 1 N–H and O–H groups in total. The molecule has 0 saturated carbocycles. The molecule has 0 radical (unpaired) electrons. The van der Waals surface area contributed by atoms with Gasteiger partial charge in [-0.05, 0) is 24.7 Å². The lowest BCUT2D eigenvalue weighted by molar-refractivity contribution is -0.152. The van der Waals surface area contributed by atoms with Crippen LogP contribution in [0.25, 0.3) is 0 Å². The van der Waals surface area contributed by atoms with Gasteiger partial charge in [-0.1, -0.05) is 124 Å². The summed E-state index contributed by atoms with van der Waals surface area (Å²) in [5.41, 5.74) is 0. The summed E-state index contributed by atoms with van der Waals surface area (Å²) in [5.74, 6) is 1.07. The van der Waals surface area contributed by atoms with E-state index in [0.29, 0.717) is 12.8 Å². The molecule has 0 aliphatic rings. The predicted molar refractivity (Wildman–Crippen MR) is 145 cm³/mol. The van der Waals surface area contributed by atoms with Crippen LogP contribution in [0.5, 0.6) is 0 Å². The van der Waals surface area contributed by atoms with Gasteiger partial charge in [0, 0.05) is 12.8 Å². The molecule has 2 atom stereocenters. The van der Waals surface area contributed by atoms with Crippen molar-refractivity contribution >= 4 is 11.9 Å². The van der Waals surface area contributed by atoms with Gasteiger partial charge in [0.15, 0.2) is 0 Å². The van der Waals surface area contributed by atoms with Gasteiger partial charge in [-0.3, -0.25) is 9.59 Å². The number of hydrogen-bond acceptors (Lipinski definition) is 5. The van der Waals surface area contributed by atoms with Crippen molar-refractivity contribution in [3.05, 3.63) is 0 Å². The Morgan fingerprint density at radius 2 is 0.971 bits per heavy atom.